The molecule has 1 aliphatic rings. The Morgan fingerprint density at radius 1 is 1.16 bits per heavy atom. The fourth-order valence-corrected chi connectivity index (χ4v) is 2.81. The molecule has 2 atom stereocenters. The van der Waals surface area contributed by atoms with E-state index in [4.69, 9.17) is 6.42 Å². The molecular weight excluding hydrogens is 319 g/mol. The minimum Gasteiger partial charge on any atom is -0.341 e. The molecule has 4 nitrogen and oxygen atoms in total. The summed E-state index contributed by atoms with van der Waals surface area (Å²) in [5, 5.41) is 5.40. The monoisotopic (exact) mass is 336 g/mol. The Labute approximate surface area is 145 Å². The van der Waals surface area contributed by atoms with E-state index in [1.807, 2.05) is 0 Å². The first-order valence-corrected chi connectivity index (χ1v) is 7.97. The van der Waals surface area contributed by atoms with Gasteiger partial charge in [-0.05, 0) is 42.2 Å². The minimum absolute atomic E-state index is 0.0861. The SMILES string of the molecule is C#CCNC(=O)c1ccccc1NC(=O)C1CC1c1ccc(F)cc1. The van der Waals surface area contributed by atoms with Crippen LogP contribution in [0.25, 0.3) is 0 Å². The van der Waals surface area contributed by atoms with Gasteiger partial charge in [0, 0.05) is 5.92 Å². The number of carbonyl (C=O) groups is 2. The van der Waals surface area contributed by atoms with Crippen molar-refractivity contribution in [3.8, 4) is 12.3 Å². The molecule has 1 fully saturated rings. The highest BCUT2D eigenvalue weighted by Gasteiger charge is 2.44. The van der Waals surface area contributed by atoms with Crippen LogP contribution >= 0.6 is 0 Å². The third-order valence-electron chi connectivity index (χ3n) is 4.21. The van der Waals surface area contributed by atoms with Crippen molar-refractivity contribution >= 4 is 17.5 Å². The van der Waals surface area contributed by atoms with Gasteiger partial charge in [-0.2, -0.15) is 0 Å². The van der Waals surface area contributed by atoms with Crippen LogP contribution in [0, 0.1) is 24.1 Å². The molecule has 0 radical (unpaired) electrons. The lowest BCUT2D eigenvalue weighted by Crippen LogP contribution is -2.25. The maximum Gasteiger partial charge on any atom is 0.254 e. The number of halogens is 1. The number of rotatable bonds is 5. The van der Waals surface area contributed by atoms with E-state index < -0.39 is 0 Å². The Morgan fingerprint density at radius 3 is 2.60 bits per heavy atom. The van der Waals surface area contributed by atoms with Crippen molar-refractivity contribution in [1.82, 2.24) is 5.32 Å². The van der Waals surface area contributed by atoms with Crippen LogP contribution in [0.5, 0.6) is 0 Å². The number of para-hydroxylation sites is 1. The van der Waals surface area contributed by atoms with Crippen LogP contribution in [0.2, 0.25) is 0 Å². The van der Waals surface area contributed by atoms with Gasteiger partial charge in [0.15, 0.2) is 0 Å². The fraction of sp³-hybridized carbons (Fsp3) is 0.200. The lowest BCUT2D eigenvalue weighted by Gasteiger charge is -2.10. The molecule has 2 aromatic rings. The first kappa shape index (κ1) is 16.7. The zero-order chi connectivity index (χ0) is 17.8. The van der Waals surface area contributed by atoms with Crippen LogP contribution < -0.4 is 10.6 Å². The molecule has 2 amide bonds. The van der Waals surface area contributed by atoms with Gasteiger partial charge in [0.25, 0.3) is 5.91 Å². The molecule has 0 saturated heterocycles. The highest BCUT2D eigenvalue weighted by molar-refractivity contribution is 6.04. The summed E-state index contributed by atoms with van der Waals surface area (Å²) in [4.78, 5) is 24.6. The molecule has 1 saturated carbocycles. The standard InChI is InChI=1S/C20H17FN2O2/c1-2-11-22-19(24)15-5-3-4-6-18(15)23-20(25)17-12-16(17)13-7-9-14(21)10-8-13/h1,3-10,16-17H,11-12H2,(H,22,24)(H,23,25). The number of hydrogen-bond donors (Lipinski definition) is 2. The Balaban J connectivity index is 1.67. The van der Waals surface area contributed by atoms with E-state index in [0.29, 0.717) is 17.7 Å². The van der Waals surface area contributed by atoms with Gasteiger partial charge < -0.3 is 10.6 Å². The summed E-state index contributed by atoms with van der Waals surface area (Å²) in [7, 11) is 0. The van der Waals surface area contributed by atoms with Crippen LogP contribution in [-0.2, 0) is 4.79 Å². The fourth-order valence-electron chi connectivity index (χ4n) is 2.81. The molecule has 3 rings (SSSR count). The van der Waals surface area contributed by atoms with Gasteiger partial charge in [-0.15, -0.1) is 6.42 Å². The van der Waals surface area contributed by atoms with E-state index in [9.17, 15) is 14.0 Å². The van der Waals surface area contributed by atoms with E-state index in [0.717, 1.165) is 5.56 Å². The number of anilines is 1. The van der Waals surface area contributed by atoms with Gasteiger partial charge >= 0.3 is 0 Å². The van der Waals surface area contributed by atoms with Crippen molar-refractivity contribution in [3.05, 3.63) is 65.5 Å². The Morgan fingerprint density at radius 2 is 1.88 bits per heavy atom. The Bertz CT molecular complexity index is 840. The highest BCUT2D eigenvalue weighted by atomic mass is 19.1. The molecule has 0 aromatic heterocycles. The summed E-state index contributed by atoms with van der Waals surface area (Å²) in [6, 6.07) is 13.0. The molecule has 2 aromatic carbocycles. The zero-order valence-electron chi connectivity index (χ0n) is 13.5. The predicted octanol–water partition coefficient (Wildman–Crippen LogP) is 2.93. The summed E-state index contributed by atoms with van der Waals surface area (Å²) in [5.41, 5.74) is 1.76. The topological polar surface area (TPSA) is 58.2 Å². The number of carbonyl (C=O) groups excluding carboxylic acids is 2. The average molecular weight is 336 g/mol. The molecular formula is C20H17FN2O2. The largest absolute Gasteiger partial charge is 0.341 e. The Kier molecular flexibility index (Phi) is 4.80. The van der Waals surface area contributed by atoms with Crippen molar-refractivity contribution in [2.45, 2.75) is 12.3 Å². The van der Waals surface area contributed by atoms with Crippen molar-refractivity contribution in [2.24, 2.45) is 5.92 Å². The number of nitrogens with one attached hydrogen (secondary N) is 2. The first-order chi connectivity index (χ1) is 12.1. The van der Waals surface area contributed by atoms with Crippen LogP contribution in [0.4, 0.5) is 10.1 Å². The third-order valence-corrected chi connectivity index (χ3v) is 4.21. The number of hydrogen-bond acceptors (Lipinski definition) is 2. The summed E-state index contributed by atoms with van der Waals surface area (Å²) in [6.45, 7) is 0.121. The number of amides is 2. The molecule has 0 spiro atoms. The maximum absolute atomic E-state index is 13.0. The summed E-state index contributed by atoms with van der Waals surface area (Å²) in [5.74, 6) is 1.48. The summed E-state index contributed by atoms with van der Waals surface area (Å²) in [6.07, 6.45) is 5.85. The van der Waals surface area contributed by atoms with E-state index in [-0.39, 0.29) is 36.0 Å². The maximum atomic E-state index is 13.0. The molecule has 0 heterocycles. The second-order valence-corrected chi connectivity index (χ2v) is 5.92. The zero-order valence-corrected chi connectivity index (χ0v) is 13.5. The molecule has 1 aliphatic carbocycles. The van der Waals surface area contributed by atoms with Gasteiger partial charge in [0.05, 0.1) is 17.8 Å². The molecule has 2 N–H and O–H groups in total. The minimum atomic E-state index is -0.334. The van der Waals surface area contributed by atoms with E-state index >= 15 is 0 Å². The molecule has 2 unspecified atom stereocenters. The van der Waals surface area contributed by atoms with Crippen molar-refractivity contribution in [2.75, 3.05) is 11.9 Å². The highest BCUT2D eigenvalue weighted by Crippen LogP contribution is 2.48. The van der Waals surface area contributed by atoms with E-state index in [1.165, 1.54) is 12.1 Å². The number of benzene rings is 2. The van der Waals surface area contributed by atoms with Crippen molar-refractivity contribution in [3.63, 3.8) is 0 Å². The van der Waals surface area contributed by atoms with Crippen molar-refractivity contribution in [1.29, 1.82) is 0 Å². The smallest absolute Gasteiger partial charge is 0.254 e. The van der Waals surface area contributed by atoms with E-state index in [2.05, 4.69) is 16.6 Å². The lowest BCUT2D eigenvalue weighted by atomic mass is 10.1. The number of terminal acetylenes is 1. The predicted molar refractivity (Wildman–Crippen MR) is 93.5 cm³/mol. The Hall–Kier alpha value is -3.13. The molecule has 25 heavy (non-hydrogen) atoms. The van der Waals surface area contributed by atoms with Gasteiger partial charge in [-0.3, -0.25) is 9.59 Å². The molecule has 126 valence electrons. The van der Waals surface area contributed by atoms with Crippen LogP contribution in [-0.4, -0.2) is 18.4 Å². The summed E-state index contributed by atoms with van der Waals surface area (Å²) < 4.78 is 13.0. The van der Waals surface area contributed by atoms with E-state index in [1.54, 1.807) is 36.4 Å². The quantitative estimate of drug-likeness (QED) is 0.825. The average Bonchev–Trinajstić information content (AvgIpc) is 3.41. The molecule has 0 aliphatic heterocycles. The molecule has 0 bridgehead atoms. The van der Waals surface area contributed by atoms with Gasteiger partial charge in [-0.1, -0.05) is 30.2 Å². The van der Waals surface area contributed by atoms with Crippen LogP contribution in [0.15, 0.2) is 48.5 Å². The second kappa shape index (κ2) is 7.18. The summed E-state index contributed by atoms with van der Waals surface area (Å²) >= 11 is 0. The third kappa shape index (κ3) is 3.86. The van der Waals surface area contributed by atoms with Gasteiger partial charge in [0.2, 0.25) is 5.91 Å². The van der Waals surface area contributed by atoms with Crippen molar-refractivity contribution < 1.29 is 14.0 Å². The molecule has 5 heteroatoms. The lowest BCUT2D eigenvalue weighted by molar-refractivity contribution is -0.117. The normalized spacial score (nSPS) is 18.1. The van der Waals surface area contributed by atoms with Gasteiger partial charge in [0.1, 0.15) is 5.82 Å². The van der Waals surface area contributed by atoms with Crippen LogP contribution in [0.3, 0.4) is 0 Å². The van der Waals surface area contributed by atoms with Crippen LogP contribution in [0.1, 0.15) is 28.3 Å². The van der Waals surface area contributed by atoms with Gasteiger partial charge in [-0.25, -0.2) is 4.39 Å². The second-order valence-electron chi connectivity index (χ2n) is 5.92. The first-order valence-electron chi connectivity index (χ1n) is 7.97.